The highest BCUT2D eigenvalue weighted by atomic mass is 16.5. The predicted molar refractivity (Wildman–Crippen MR) is 74.4 cm³/mol. The molecule has 0 bridgehead atoms. The van der Waals surface area contributed by atoms with Gasteiger partial charge in [-0.25, -0.2) is 4.79 Å². The second kappa shape index (κ2) is 6.05. The Hall–Kier alpha value is -2.29. The molecule has 0 spiro atoms. The van der Waals surface area contributed by atoms with Crippen LogP contribution in [-0.4, -0.2) is 19.7 Å². The van der Waals surface area contributed by atoms with Crippen molar-refractivity contribution < 1.29 is 14.3 Å². The lowest BCUT2D eigenvalue weighted by Crippen LogP contribution is -2.06. The van der Waals surface area contributed by atoms with Crippen molar-refractivity contribution in [2.75, 3.05) is 13.7 Å². The van der Waals surface area contributed by atoms with Crippen LogP contribution in [0.25, 0.3) is 11.1 Å². The number of carbonyl (C=O) groups is 1. The molecule has 0 unspecified atom stereocenters. The van der Waals surface area contributed by atoms with Gasteiger partial charge in [-0.15, -0.1) is 0 Å². The summed E-state index contributed by atoms with van der Waals surface area (Å²) in [5.74, 6) is 0.308. The smallest absolute Gasteiger partial charge is 0.338 e. The summed E-state index contributed by atoms with van der Waals surface area (Å²) in [6, 6.07) is 15.2. The van der Waals surface area contributed by atoms with Gasteiger partial charge in [0.2, 0.25) is 0 Å². The normalized spacial score (nSPS) is 10.0. The molecule has 0 aliphatic carbocycles. The largest absolute Gasteiger partial charge is 0.497 e. The van der Waals surface area contributed by atoms with E-state index in [1.54, 1.807) is 20.1 Å². The van der Waals surface area contributed by atoms with Crippen molar-refractivity contribution in [3.63, 3.8) is 0 Å². The maximum absolute atomic E-state index is 12.0. The van der Waals surface area contributed by atoms with Gasteiger partial charge in [0.25, 0.3) is 0 Å². The first-order valence-electron chi connectivity index (χ1n) is 6.17. The Morgan fingerprint density at radius 3 is 2.47 bits per heavy atom. The van der Waals surface area contributed by atoms with Gasteiger partial charge in [-0.3, -0.25) is 0 Å². The first-order chi connectivity index (χ1) is 9.26. The van der Waals surface area contributed by atoms with E-state index in [4.69, 9.17) is 9.47 Å². The van der Waals surface area contributed by atoms with Crippen LogP contribution in [0.1, 0.15) is 17.3 Å². The molecule has 0 radical (unpaired) electrons. The van der Waals surface area contributed by atoms with Gasteiger partial charge in [0.1, 0.15) is 5.75 Å². The van der Waals surface area contributed by atoms with Crippen molar-refractivity contribution in [2.45, 2.75) is 6.92 Å². The number of esters is 1. The van der Waals surface area contributed by atoms with E-state index in [0.29, 0.717) is 17.9 Å². The fourth-order valence-corrected chi connectivity index (χ4v) is 1.90. The molecule has 2 rings (SSSR count). The minimum absolute atomic E-state index is 0.333. The second-order valence-corrected chi connectivity index (χ2v) is 4.00. The molecule has 0 atom stereocenters. The predicted octanol–water partition coefficient (Wildman–Crippen LogP) is 3.54. The van der Waals surface area contributed by atoms with Crippen LogP contribution in [-0.2, 0) is 4.74 Å². The third-order valence-electron chi connectivity index (χ3n) is 2.81. The van der Waals surface area contributed by atoms with Gasteiger partial charge in [-0.2, -0.15) is 0 Å². The van der Waals surface area contributed by atoms with E-state index in [-0.39, 0.29) is 5.97 Å². The number of carbonyl (C=O) groups excluding carboxylic acids is 1. The van der Waals surface area contributed by atoms with Crippen LogP contribution in [0.3, 0.4) is 0 Å². The van der Waals surface area contributed by atoms with Crippen LogP contribution in [0.5, 0.6) is 5.75 Å². The Bertz CT molecular complexity index is 561. The zero-order valence-corrected chi connectivity index (χ0v) is 11.1. The highest BCUT2D eigenvalue weighted by Crippen LogP contribution is 2.27. The van der Waals surface area contributed by atoms with E-state index < -0.39 is 0 Å². The molecule has 0 heterocycles. The van der Waals surface area contributed by atoms with Crippen LogP contribution < -0.4 is 4.74 Å². The van der Waals surface area contributed by atoms with Crippen molar-refractivity contribution in [1.82, 2.24) is 0 Å². The molecule has 0 aromatic heterocycles. The number of hydrogen-bond donors (Lipinski definition) is 0. The van der Waals surface area contributed by atoms with E-state index in [1.807, 2.05) is 42.5 Å². The molecule has 98 valence electrons. The first-order valence-corrected chi connectivity index (χ1v) is 6.17. The van der Waals surface area contributed by atoms with E-state index in [2.05, 4.69) is 0 Å². The lowest BCUT2D eigenvalue weighted by atomic mass is 9.99. The Morgan fingerprint density at radius 1 is 1.11 bits per heavy atom. The average Bonchev–Trinajstić information content (AvgIpc) is 2.47. The monoisotopic (exact) mass is 256 g/mol. The molecule has 19 heavy (non-hydrogen) atoms. The van der Waals surface area contributed by atoms with Gasteiger partial charge in [0.05, 0.1) is 19.3 Å². The van der Waals surface area contributed by atoms with Gasteiger partial charge >= 0.3 is 5.97 Å². The van der Waals surface area contributed by atoms with Crippen LogP contribution in [0, 0.1) is 0 Å². The lowest BCUT2D eigenvalue weighted by Gasteiger charge is -2.11. The first kappa shape index (κ1) is 13.1. The summed E-state index contributed by atoms with van der Waals surface area (Å²) in [5, 5.41) is 0. The zero-order valence-electron chi connectivity index (χ0n) is 11.1. The van der Waals surface area contributed by atoms with Crippen molar-refractivity contribution in [1.29, 1.82) is 0 Å². The summed E-state index contributed by atoms with van der Waals surface area (Å²) in [6.45, 7) is 2.14. The maximum atomic E-state index is 12.0. The molecular formula is C16H16O3. The van der Waals surface area contributed by atoms with E-state index in [1.165, 1.54) is 0 Å². The Kier molecular flexibility index (Phi) is 4.18. The summed E-state index contributed by atoms with van der Waals surface area (Å²) in [6.07, 6.45) is 0. The molecule has 3 heteroatoms. The lowest BCUT2D eigenvalue weighted by molar-refractivity contribution is 0.0527. The molecular weight excluding hydrogens is 240 g/mol. The highest BCUT2D eigenvalue weighted by molar-refractivity contribution is 5.97. The number of rotatable bonds is 4. The van der Waals surface area contributed by atoms with Gasteiger partial charge in [-0.05, 0) is 36.2 Å². The average molecular weight is 256 g/mol. The molecule has 0 fully saturated rings. The third-order valence-corrected chi connectivity index (χ3v) is 2.81. The number of benzene rings is 2. The second-order valence-electron chi connectivity index (χ2n) is 4.00. The van der Waals surface area contributed by atoms with Crippen LogP contribution in [0.4, 0.5) is 0 Å². The molecule has 0 aliphatic heterocycles. The summed E-state index contributed by atoms with van der Waals surface area (Å²) in [4.78, 5) is 12.0. The molecule has 0 saturated carbocycles. The van der Waals surface area contributed by atoms with Crippen LogP contribution in [0.15, 0.2) is 48.5 Å². The van der Waals surface area contributed by atoms with Crippen molar-refractivity contribution in [2.24, 2.45) is 0 Å². The van der Waals surface area contributed by atoms with Gasteiger partial charge < -0.3 is 9.47 Å². The minimum atomic E-state index is -0.333. The van der Waals surface area contributed by atoms with Gasteiger partial charge in [0.15, 0.2) is 0 Å². The van der Waals surface area contributed by atoms with E-state index in [0.717, 1.165) is 11.1 Å². The summed E-state index contributed by atoms with van der Waals surface area (Å²) in [5.41, 5.74) is 2.35. The molecule has 2 aromatic rings. The number of hydrogen-bond acceptors (Lipinski definition) is 3. The summed E-state index contributed by atoms with van der Waals surface area (Å²) >= 11 is 0. The quantitative estimate of drug-likeness (QED) is 0.785. The topological polar surface area (TPSA) is 35.5 Å². The molecule has 2 aromatic carbocycles. The maximum Gasteiger partial charge on any atom is 0.338 e. The molecule has 0 saturated heterocycles. The Labute approximate surface area is 112 Å². The fourth-order valence-electron chi connectivity index (χ4n) is 1.90. The molecule has 0 amide bonds. The van der Waals surface area contributed by atoms with Crippen molar-refractivity contribution in [3.05, 3.63) is 54.1 Å². The van der Waals surface area contributed by atoms with E-state index in [9.17, 15) is 4.79 Å². The molecule has 0 N–H and O–H groups in total. The molecule has 0 aliphatic rings. The van der Waals surface area contributed by atoms with Crippen LogP contribution in [0.2, 0.25) is 0 Å². The van der Waals surface area contributed by atoms with E-state index >= 15 is 0 Å². The fraction of sp³-hybridized carbons (Fsp3) is 0.188. The van der Waals surface area contributed by atoms with Gasteiger partial charge in [0, 0.05) is 0 Å². The standard InChI is InChI=1S/C16H16O3/c1-3-19-16(17)15-11-13(18-2)9-10-14(15)12-7-5-4-6-8-12/h4-11H,3H2,1-2H3. The number of ether oxygens (including phenoxy) is 2. The SMILES string of the molecule is CCOC(=O)c1cc(OC)ccc1-c1ccccc1. The zero-order chi connectivity index (χ0) is 13.7. The Morgan fingerprint density at radius 2 is 1.84 bits per heavy atom. The van der Waals surface area contributed by atoms with Gasteiger partial charge in [-0.1, -0.05) is 30.3 Å². The van der Waals surface area contributed by atoms with Crippen molar-refractivity contribution >= 4 is 5.97 Å². The Balaban J connectivity index is 2.51. The minimum Gasteiger partial charge on any atom is -0.497 e. The number of methoxy groups -OCH3 is 1. The summed E-state index contributed by atoms with van der Waals surface area (Å²) in [7, 11) is 1.58. The molecule has 3 nitrogen and oxygen atoms in total. The third kappa shape index (κ3) is 2.94. The van der Waals surface area contributed by atoms with Crippen molar-refractivity contribution in [3.8, 4) is 16.9 Å². The summed E-state index contributed by atoms with van der Waals surface area (Å²) < 4.78 is 10.3. The highest BCUT2D eigenvalue weighted by Gasteiger charge is 2.14. The van der Waals surface area contributed by atoms with Crippen LogP contribution >= 0.6 is 0 Å².